The Hall–Kier alpha value is 0.180. The SMILES string of the molecule is CC[s+]1cccc1.[Br-]. The van der Waals surface area contributed by atoms with E-state index in [9.17, 15) is 0 Å². The molecule has 0 nitrogen and oxygen atoms in total. The lowest BCUT2D eigenvalue weighted by Gasteiger charge is -1.69. The van der Waals surface area contributed by atoms with Crippen molar-refractivity contribution < 1.29 is 17.0 Å². The van der Waals surface area contributed by atoms with Crippen LogP contribution in [0.3, 0.4) is 0 Å². The Morgan fingerprint density at radius 3 is 2.00 bits per heavy atom. The predicted molar refractivity (Wildman–Crippen MR) is 34.6 cm³/mol. The van der Waals surface area contributed by atoms with Crippen LogP contribution in [-0.2, 0) is 5.75 Å². The van der Waals surface area contributed by atoms with Gasteiger partial charge in [-0.3, -0.25) is 0 Å². The van der Waals surface area contributed by atoms with Gasteiger partial charge in [0.05, 0.1) is 0 Å². The summed E-state index contributed by atoms with van der Waals surface area (Å²) in [7, 11) is 0.505. The van der Waals surface area contributed by atoms with Gasteiger partial charge in [-0.2, -0.15) is 0 Å². The van der Waals surface area contributed by atoms with Gasteiger partial charge in [-0.05, 0) is 29.5 Å². The zero-order chi connectivity index (χ0) is 5.11. The lowest BCUT2D eigenvalue weighted by molar-refractivity contribution is -0.00000147. The summed E-state index contributed by atoms with van der Waals surface area (Å²) in [6.45, 7) is 2.21. The molecule has 0 aliphatic carbocycles. The van der Waals surface area contributed by atoms with Crippen molar-refractivity contribution in [2.24, 2.45) is 0 Å². The van der Waals surface area contributed by atoms with E-state index >= 15 is 0 Å². The smallest absolute Gasteiger partial charge is 0.137 e. The average molecular weight is 193 g/mol. The Bertz CT molecular complexity index is 123. The van der Waals surface area contributed by atoms with Crippen LogP contribution >= 0.6 is 10.5 Å². The van der Waals surface area contributed by atoms with E-state index in [2.05, 4.69) is 29.8 Å². The minimum Gasteiger partial charge on any atom is -1.00 e. The first kappa shape index (κ1) is 8.18. The van der Waals surface area contributed by atoms with Crippen molar-refractivity contribution in [2.45, 2.75) is 12.7 Å². The summed E-state index contributed by atoms with van der Waals surface area (Å²) in [5.41, 5.74) is 0. The van der Waals surface area contributed by atoms with E-state index in [0.717, 1.165) is 0 Å². The Morgan fingerprint density at radius 1 is 1.25 bits per heavy atom. The number of hydrogen-bond acceptors (Lipinski definition) is 0. The Morgan fingerprint density at radius 2 is 1.75 bits per heavy atom. The topological polar surface area (TPSA) is 0 Å². The van der Waals surface area contributed by atoms with Crippen molar-refractivity contribution in [1.29, 1.82) is 0 Å². The summed E-state index contributed by atoms with van der Waals surface area (Å²) >= 11 is 0. The monoisotopic (exact) mass is 192 g/mol. The molecule has 0 amide bonds. The lowest BCUT2D eigenvalue weighted by atomic mass is 10.7. The van der Waals surface area contributed by atoms with Gasteiger partial charge < -0.3 is 17.0 Å². The summed E-state index contributed by atoms with van der Waals surface area (Å²) in [4.78, 5) is 0. The molecule has 2 heteroatoms. The molecule has 0 saturated heterocycles. The molecule has 46 valence electrons. The molecule has 1 heterocycles. The quantitative estimate of drug-likeness (QED) is 0.525. The van der Waals surface area contributed by atoms with Crippen LogP contribution < -0.4 is 17.0 Å². The third-order valence-electron chi connectivity index (χ3n) is 0.951. The minimum absolute atomic E-state index is 0. The Labute approximate surface area is 63.3 Å². The Kier molecular flexibility index (Phi) is 4.19. The van der Waals surface area contributed by atoms with Gasteiger partial charge in [-0.1, -0.05) is 0 Å². The van der Waals surface area contributed by atoms with E-state index < -0.39 is 0 Å². The molecule has 0 N–H and O–H groups in total. The average Bonchev–Trinajstić information content (AvgIpc) is 2.14. The first-order valence-electron chi connectivity index (χ1n) is 2.47. The van der Waals surface area contributed by atoms with Crippen LogP contribution in [0.2, 0.25) is 0 Å². The third kappa shape index (κ3) is 1.97. The van der Waals surface area contributed by atoms with Crippen LogP contribution in [0.4, 0.5) is 0 Å². The molecule has 0 aliphatic rings. The zero-order valence-corrected chi connectivity index (χ0v) is 7.21. The van der Waals surface area contributed by atoms with Gasteiger partial charge in [-0.15, -0.1) is 0 Å². The summed E-state index contributed by atoms with van der Waals surface area (Å²) in [5, 5.41) is 4.50. The maximum atomic E-state index is 2.25. The highest BCUT2D eigenvalue weighted by atomic mass is 79.9. The van der Waals surface area contributed by atoms with Crippen LogP contribution in [0.15, 0.2) is 22.9 Å². The Balaban J connectivity index is 0.000000490. The highest BCUT2D eigenvalue weighted by molar-refractivity contribution is 7.27. The van der Waals surface area contributed by atoms with E-state index in [-0.39, 0.29) is 17.0 Å². The molecule has 0 fully saturated rings. The van der Waals surface area contributed by atoms with Crippen molar-refractivity contribution in [3.05, 3.63) is 22.9 Å². The van der Waals surface area contributed by atoms with Crippen LogP contribution in [0.1, 0.15) is 6.92 Å². The van der Waals surface area contributed by atoms with Gasteiger partial charge in [0, 0.05) is 0 Å². The normalized spacial score (nSPS) is 8.12. The molecule has 0 bridgehead atoms. The zero-order valence-electron chi connectivity index (χ0n) is 4.80. The molecule has 0 atom stereocenters. The summed E-state index contributed by atoms with van der Waals surface area (Å²) in [5.74, 6) is 1.27. The second kappa shape index (κ2) is 4.10. The van der Waals surface area contributed by atoms with Crippen molar-refractivity contribution in [2.75, 3.05) is 0 Å². The fourth-order valence-electron chi connectivity index (χ4n) is 0.530. The maximum Gasteiger partial charge on any atom is 0.137 e. The lowest BCUT2D eigenvalue weighted by Crippen LogP contribution is -3.00. The van der Waals surface area contributed by atoms with Crippen LogP contribution in [0, 0.1) is 0 Å². The van der Waals surface area contributed by atoms with E-state index in [1.165, 1.54) is 5.75 Å². The van der Waals surface area contributed by atoms with E-state index in [0.29, 0.717) is 10.5 Å². The van der Waals surface area contributed by atoms with Crippen LogP contribution in [0.25, 0.3) is 0 Å². The van der Waals surface area contributed by atoms with Crippen molar-refractivity contribution in [3.63, 3.8) is 0 Å². The van der Waals surface area contributed by atoms with Crippen molar-refractivity contribution in [3.8, 4) is 0 Å². The second-order valence-electron chi connectivity index (χ2n) is 1.42. The maximum absolute atomic E-state index is 2.25. The molecule has 0 saturated carbocycles. The molecule has 1 aromatic heterocycles. The van der Waals surface area contributed by atoms with Gasteiger partial charge in [0.1, 0.15) is 16.5 Å². The second-order valence-corrected chi connectivity index (χ2v) is 3.48. The van der Waals surface area contributed by atoms with Crippen molar-refractivity contribution >= 4 is 10.5 Å². The fourth-order valence-corrected chi connectivity index (χ4v) is 1.59. The van der Waals surface area contributed by atoms with Gasteiger partial charge in [0.2, 0.25) is 0 Å². The molecule has 1 aromatic rings. The van der Waals surface area contributed by atoms with Crippen LogP contribution in [0.5, 0.6) is 0 Å². The van der Waals surface area contributed by atoms with Crippen LogP contribution in [-0.4, -0.2) is 0 Å². The molecule has 8 heavy (non-hydrogen) atoms. The van der Waals surface area contributed by atoms with Gasteiger partial charge in [0.15, 0.2) is 0 Å². The van der Waals surface area contributed by atoms with Gasteiger partial charge in [0.25, 0.3) is 0 Å². The minimum atomic E-state index is 0. The summed E-state index contributed by atoms with van der Waals surface area (Å²) in [6, 6.07) is 4.24. The molecule has 0 radical (unpaired) electrons. The highest BCUT2D eigenvalue weighted by Gasteiger charge is 1.91. The van der Waals surface area contributed by atoms with Crippen molar-refractivity contribution in [1.82, 2.24) is 0 Å². The molecular weight excluding hydrogens is 184 g/mol. The number of thiophene rings is 1. The van der Waals surface area contributed by atoms with Gasteiger partial charge in [-0.25, -0.2) is 0 Å². The standard InChI is InChI=1S/C6H9S.BrH/c1-2-7-5-3-4-6-7;/h3-6H,2H2,1H3;1H/q+1;/p-1. The number of hydrogen-bond donors (Lipinski definition) is 0. The number of halogens is 1. The third-order valence-corrected chi connectivity index (χ3v) is 2.63. The number of aryl methyl sites for hydroxylation is 1. The number of rotatable bonds is 1. The molecule has 0 spiro atoms. The largest absolute Gasteiger partial charge is 1.00 e. The fraction of sp³-hybridized carbons (Fsp3) is 0.333. The summed E-state index contributed by atoms with van der Waals surface area (Å²) in [6.07, 6.45) is 0. The van der Waals surface area contributed by atoms with E-state index in [1.54, 1.807) is 0 Å². The molecule has 0 unspecified atom stereocenters. The summed E-state index contributed by atoms with van der Waals surface area (Å²) < 4.78 is 0. The first-order valence-corrected chi connectivity index (χ1v) is 3.99. The van der Waals surface area contributed by atoms with Gasteiger partial charge >= 0.3 is 0 Å². The molecular formula is C6H9BrS. The first-order chi connectivity index (χ1) is 3.43. The molecule has 1 rings (SSSR count). The predicted octanol–water partition coefficient (Wildman–Crippen LogP) is -0.540. The van der Waals surface area contributed by atoms with E-state index in [4.69, 9.17) is 0 Å². The van der Waals surface area contributed by atoms with E-state index in [1.807, 2.05) is 0 Å². The highest BCUT2D eigenvalue weighted by Crippen LogP contribution is 2.15. The molecule has 0 aromatic carbocycles. The molecule has 0 aliphatic heterocycles.